The second-order valence-corrected chi connectivity index (χ2v) is 6.63. The monoisotopic (exact) mass is 388 g/mol. The number of hydrogen-bond donors (Lipinski definition) is 0. The van der Waals surface area contributed by atoms with E-state index < -0.39 is 17.5 Å². The molecular formula is C26H19F3. The molecule has 3 heteroatoms. The maximum Gasteiger partial charge on any atom is 0.194 e. The lowest BCUT2D eigenvalue weighted by Gasteiger charge is -1.99. The summed E-state index contributed by atoms with van der Waals surface area (Å²) in [6.07, 6.45) is 3.45. The lowest BCUT2D eigenvalue weighted by molar-refractivity contribution is 0.446. The van der Waals surface area contributed by atoms with E-state index in [1.165, 1.54) is 18.4 Å². The first-order valence-electron chi connectivity index (χ1n) is 9.43. The molecule has 0 unspecified atom stereocenters. The van der Waals surface area contributed by atoms with Crippen LogP contribution < -0.4 is 0 Å². The van der Waals surface area contributed by atoms with Crippen LogP contribution in [0.1, 0.15) is 47.6 Å². The predicted octanol–water partition coefficient (Wildman–Crippen LogP) is 6.25. The van der Waals surface area contributed by atoms with Gasteiger partial charge in [-0.2, -0.15) is 0 Å². The van der Waals surface area contributed by atoms with Crippen LogP contribution in [0.15, 0.2) is 60.7 Å². The van der Waals surface area contributed by atoms with Crippen LogP contribution in [-0.2, 0) is 6.42 Å². The number of benzene rings is 3. The van der Waals surface area contributed by atoms with Crippen LogP contribution in [0, 0.1) is 41.1 Å². The van der Waals surface area contributed by atoms with E-state index in [9.17, 15) is 13.2 Å². The van der Waals surface area contributed by atoms with Gasteiger partial charge in [-0.1, -0.05) is 49.2 Å². The Balaban J connectivity index is 1.68. The van der Waals surface area contributed by atoms with Crippen molar-refractivity contribution in [2.24, 2.45) is 0 Å². The lowest BCUT2D eigenvalue weighted by atomic mass is 10.1. The summed E-state index contributed by atoms with van der Waals surface area (Å²) >= 11 is 0. The third-order valence-electron chi connectivity index (χ3n) is 4.34. The first-order valence-corrected chi connectivity index (χ1v) is 9.43. The number of hydrogen-bond acceptors (Lipinski definition) is 0. The van der Waals surface area contributed by atoms with Crippen molar-refractivity contribution in [3.63, 3.8) is 0 Å². The number of halogens is 3. The minimum absolute atomic E-state index is 0.0765. The van der Waals surface area contributed by atoms with Gasteiger partial charge in [0.15, 0.2) is 17.5 Å². The second kappa shape index (κ2) is 9.67. The molecule has 0 bridgehead atoms. The van der Waals surface area contributed by atoms with Gasteiger partial charge in [-0.05, 0) is 66.9 Å². The Bertz CT molecular complexity index is 1080. The van der Waals surface area contributed by atoms with Crippen molar-refractivity contribution in [1.82, 2.24) is 0 Å². The molecule has 144 valence electrons. The maximum absolute atomic E-state index is 13.2. The van der Waals surface area contributed by atoms with Crippen molar-refractivity contribution in [3.8, 4) is 23.7 Å². The Hall–Kier alpha value is -3.43. The summed E-state index contributed by atoms with van der Waals surface area (Å²) in [5.74, 6) is 7.69. The molecular weight excluding hydrogens is 369 g/mol. The van der Waals surface area contributed by atoms with E-state index in [0.29, 0.717) is 5.56 Å². The smallest absolute Gasteiger partial charge is 0.194 e. The van der Waals surface area contributed by atoms with Gasteiger partial charge in [-0.15, -0.1) is 0 Å². The van der Waals surface area contributed by atoms with Crippen LogP contribution in [0.25, 0.3) is 0 Å². The molecule has 0 radical (unpaired) electrons. The third-order valence-corrected chi connectivity index (χ3v) is 4.34. The standard InChI is InChI=1S/C26H19F3/c1-2-3-4-19-5-7-20(8-6-19)9-10-21-11-13-22(14-12-21)15-16-23-17-24(27)26(29)25(28)18-23/h5-8,11-14,17-18H,2-4H2,1H3. The van der Waals surface area contributed by atoms with Crippen molar-refractivity contribution in [2.75, 3.05) is 0 Å². The molecule has 0 atom stereocenters. The molecule has 0 nitrogen and oxygen atoms in total. The molecule has 0 heterocycles. The molecule has 0 amide bonds. The van der Waals surface area contributed by atoms with Crippen molar-refractivity contribution >= 4 is 0 Å². The molecule has 0 spiro atoms. The minimum atomic E-state index is -1.49. The molecule has 3 aromatic rings. The van der Waals surface area contributed by atoms with E-state index in [2.05, 4.69) is 42.7 Å². The molecule has 0 aliphatic heterocycles. The van der Waals surface area contributed by atoms with Crippen LogP contribution in [-0.4, -0.2) is 0 Å². The van der Waals surface area contributed by atoms with Gasteiger partial charge in [-0.3, -0.25) is 0 Å². The highest BCUT2D eigenvalue weighted by molar-refractivity contribution is 5.48. The first kappa shape index (κ1) is 20.3. The average molecular weight is 388 g/mol. The average Bonchev–Trinajstić information content (AvgIpc) is 2.74. The van der Waals surface area contributed by atoms with Gasteiger partial charge in [0.1, 0.15) is 0 Å². The van der Waals surface area contributed by atoms with Gasteiger partial charge in [0.2, 0.25) is 0 Å². The van der Waals surface area contributed by atoms with Crippen molar-refractivity contribution in [3.05, 3.63) is 106 Å². The highest BCUT2D eigenvalue weighted by Gasteiger charge is 2.09. The fraction of sp³-hybridized carbons (Fsp3) is 0.154. The van der Waals surface area contributed by atoms with E-state index >= 15 is 0 Å². The molecule has 3 rings (SSSR count). The summed E-state index contributed by atoms with van der Waals surface area (Å²) in [6.45, 7) is 2.18. The molecule has 0 aliphatic rings. The van der Waals surface area contributed by atoms with Gasteiger partial charge in [0.25, 0.3) is 0 Å². The van der Waals surface area contributed by atoms with E-state index in [1.54, 1.807) is 12.1 Å². The Morgan fingerprint density at radius 2 is 1.03 bits per heavy atom. The highest BCUT2D eigenvalue weighted by Crippen LogP contribution is 2.13. The number of unbranched alkanes of at least 4 members (excludes halogenated alkanes) is 1. The van der Waals surface area contributed by atoms with Gasteiger partial charge in [0.05, 0.1) is 0 Å². The summed E-state index contributed by atoms with van der Waals surface area (Å²) in [5, 5.41) is 0. The quantitative estimate of drug-likeness (QED) is 0.368. The molecule has 3 aromatic carbocycles. The fourth-order valence-corrected chi connectivity index (χ4v) is 2.69. The van der Waals surface area contributed by atoms with Crippen molar-refractivity contribution < 1.29 is 13.2 Å². The van der Waals surface area contributed by atoms with Crippen LogP contribution in [0.4, 0.5) is 13.2 Å². The molecule has 0 aliphatic carbocycles. The van der Waals surface area contributed by atoms with E-state index in [0.717, 1.165) is 29.7 Å². The van der Waals surface area contributed by atoms with Crippen LogP contribution in [0.2, 0.25) is 0 Å². The molecule has 0 aromatic heterocycles. The van der Waals surface area contributed by atoms with E-state index in [-0.39, 0.29) is 5.56 Å². The van der Waals surface area contributed by atoms with Crippen molar-refractivity contribution in [2.45, 2.75) is 26.2 Å². The molecule has 29 heavy (non-hydrogen) atoms. The highest BCUT2D eigenvalue weighted by atomic mass is 19.2. The predicted molar refractivity (Wildman–Crippen MR) is 110 cm³/mol. The topological polar surface area (TPSA) is 0 Å². The maximum atomic E-state index is 13.2. The van der Waals surface area contributed by atoms with Crippen LogP contribution in [0.3, 0.4) is 0 Å². The Morgan fingerprint density at radius 1 is 0.621 bits per heavy atom. The Labute approximate surface area is 169 Å². The zero-order valence-corrected chi connectivity index (χ0v) is 16.0. The molecule has 0 saturated carbocycles. The largest absolute Gasteiger partial charge is 0.204 e. The minimum Gasteiger partial charge on any atom is -0.204 e. The summed E-state index contributed by atoms with van der Waals surface area (Å²) in [7, 11) is 0. The zero-order chi connectivity index (χ0) is 20.6. The first-order chi connectivity index (χ1) is 14.0. The summed E-state index contributed by atoms with van der Waals surface area (Å²) in [5.41, 5.74) is 3.86. The Morgan fingerprint density at radius 3 is 1.48 bits per heavy atom. The van der Waals surface area contributed by atoms with Gasteiger partial charge >= 0.3 is 0 Å². The third kappa shape index (κ3) is 5.77. The zero-order valence-electron chi connectivity index (χ0n) is 16.0. The van der Waals surface area contributed by atoms with Gasteiger partial charge in [0, 0.05) is 22.3 Å². The van der Waals surface area contributed by atoms with E-state index in [4.69, 9.17) is 0 Å². The van der Waals surface area contributed by atoms with E-state index in [1.807, 2.05) is 24.3 Å². The summed E-state index contributed by atoms with van der Waals surface area (Å²) in [6, 6.07) is 17.2. The van der Waals surface area contributed by atoms with Crippen molar-refractivity contribution in [1.29, 1.82) is 0 Å². The van der Waals surface area contributed by atoms with Crippen LogP contribution in [0.5, 0.6) is 0 Å². The van der Waals surface area contributed by atoms with Gasteiger partial charge < -0.3 is 0 Å². The SMILES string of the molecule is CCCCc1ccc(C#Cc2ccc(C#Cc3cc(F)c(F)c(F)c3)cc2)cc1. The van der Waals surface area contributed by atoms with Gasteiger partial charge in [-0.25, -0.2) is 13.2 Å². The normalized spacial score (nSPS) is 9.93. The van der Waals surface area contributed by atoms with Crippen LogP contribution >= 0.6 is 0 Å². The second-order valence-electron chi connectivity index (χ2n) is 6.63. The molecule has 0 N–H and O–H groups in total. The lowest BCUT2D eigenvalue weighted by Crippen LogP contribution is -1.91. The number of aryl methyl sites for hydroxylation is 1. The Kier molecular flexibility index (Phi) is 6.77. The summed E-state index contributed by atoms with van der Waals surface area (Å²) in [4.78, 5) is 0. The summed E-state index contributed by atoms with van der Waals surface area (Å²) < 4.78 is 39.4. The number of rotatable bonds is 3. The molecule has 0 fully saturated rings. The molecule has 0 saturated heterocycles. The fourth-order valence-electron chi connectivity index (χ4n) is 2.69.